The van der Waals surface area contributed by atoms with Crippen LogP contribution in [0, 0.1) is 5.82 Å². The van der Waals surface area contributed by atoms with Crippen molar-refractivity contribution in [2.75, 3.05) is 0 Å². The van der Waals surface area contributed by atoms with Gasteiger partial charge < -0.3 is 0 Å². The van der Waals surface area contributed by atoms with Gasteiger partial charge in [0, 0.05) is 12.2 Å². The highest BCUT2D eigenvalue weighted by atomic mass is 32.2. The Balaban J connectivity index is 2.79. The van der Waals surface area contributed by atoms with Crippen molar-refractivity contribution in [1.29, 1.82) is 0 Å². The average molecular weight is 260 g/mol. The summed E-state index contributed by atoms with van der Waals surface area (Å²) in [7, 11) is -3.86. The van der Waals surface area contributed by atoms with Crippen LogP contribution in [0.5, 0.6) is 0 Å². The van der Waals surface area contributed by atoms with E-state index in [9.17, 15) is 12.8 Å². The van der Waals surface area contributed by atoms with Crippen LogP contribution in [0.2, 0.25) is 0 Å². The molecule has 1 unspecified atom stereocenters. The molecule has 0 aliphatic carbocycles. The second-order valence-corrected chi connectivity index (χ2v) is 5.58. The molecule has 0 bridgehead atoms. The van der Waals surface area contributed by atoms with E-state index in [1.54, 1.807) is 6.92 Å². The van der Waals surface area contributed by atoms with Crippen molar-refractivity contribution in [3.63, 3.8) is 0 Å². The Morgan fingerprint density at radius 1 is 1.53 bits per heavy atom. The van der Waals surface area contributed by atoms with Gasteiger partial charge >= 0.3 is 0 Å². The van der Waals surface area contributed by atoms with Crippen LogP contribution in [0.15, 0.2) is 23.4 Å². The van der Waals surface area contributed by atoms with Crippen molar-refractivity contribution in [3.8, 4) is 0 Å². The van der Waals surface area contributed by atoms with E-state index in [0.717, 1.165) is 25.3 Å². The highest BCUT2D eigenvalue weighted by Gasteiger charge is 2.22. The third-order valence-corrected chi connectivity index (χ3v) is 3.85. The molecular formula is C11H17FN2O2S. The number of aromatic nitrogens is 1. The summed E-state index contributed by atoms with van der Waals surface area (Å²) >= 11 is 0. The van der Waals surface area contributed by atoms with Gasteiger partial charge in [-0.15, -0.1) is 0 Å². The molecular weight excluding hydrogens is 243 g/mol. The first-order chi connectivity index (χ1) is 7.97. The van der Waals surface area contributed by atoms with Crippen molar-refractivity contribution >= 4 is 10.0 Å². The average Bonchev–Trinajstić information content (AvgIpc) is 2.26. The highest BCUT2D eigenvalue weighted by molar-refractivity contribution is 7.89. The third kappa shape index (κ3) is 4.05. The number of pyridine rings is 1. The van der Waals surface area contributed by atoms with Crippen LogP contribution in [0.4, 0.5) is 4.39 Å². The standard InChI is InChI=1S/C11H17FN2O2S/c1-3-4-6-9(2)14-17(15,16)11-10(12)7-5-8-13-11/h5,7-9,14H,3-4,6H2,1-2H3. The largest absolute Gasteiger partial charge is 0.261 e. The Morgan fingerprint density at radius 2 is 2.24 bits per heavy atom. The maximum atomic E-state index is 13.3. The number of nitrogens with zero attached hydrogens (tertiary/aromatic N) is 1. The monoisotopic (exact) mass is 260 g/mol. The van der Waals surface area contributed by atoms with E-state index in [-0.39, 0.29) is 6.04 Å². The number of rotatable bonds is 6. The number of nitrogens with one attached hydrogen (secondary N) is 1. The molecule has 0 radical (unpaired) electrons. The van der Waals surface area contributed by atoms with Gasteiger partial charge in [-0.2, -0.15) is 0 Å². The molecule has 0 amide bonds. The zero-order chi connectivity index (χ0) is 12.9. The molecule has 4 nitrogen and oxygen atoms in total. The Bertz CT molecular complexity index is 462. The molecule has 0 aliphatic rings. The molecule has 96 valence electrons. The predicted octanol–water partition coefficient (Wildman–Crippen LogP) is 2.08. The summed E-state index contributed by atoms with van der Waals surface area (Å²) in [4.78, 5) is 3.56. The molecule has 0 spiro atoms. The fourth-order valence-electron chi connectivity index (χ4n) is 1.46. The Labute approximate surface area is 101 Å². The molecule has 1 aromatic rings. The molecule has 0 aliphatic heterocycles. The summed E-state index contributed by atoms with van der Waals surface area (Å²) in [5, 5.41) is -0.539. The van der Waals surface area contributed by atoms with Crippen molar-refractivity contribution in [2.45, 2.75) is 44.2 Å². The van der Waals surface area contributed by atoms with E-state index >= 15 is 0 Å². The lowest BCUT2D eigenvalue weighted by atomic mass is 10.2. The van der Waals surface area contributed by atoms with Crippen LogP contribution in [0.25, 0.3) is 0 Å². The topological polar surface area (TPSA) is 59.1 Å². The predicted molar refractivity (Wildman–Crippen MR) is 63.5 cm³/mol. The highest BCUT2D eigenvalue weighted by Crippen LogP contribution is 2.11. The summed E-state index contributed by atoms with van der Waals surface area (Å²) in [6, 6.07) is 2.22. The molecule has 0 saturated carbocycles. The van der Waals surface area contributed by atoms with Gasteiger partial charge in [0.1, 0.15) is 0 Å². The van der Waals surface area contributed by atoms with Crippen molar-refractivity contribution in [2.24, 2.45) is 0 Å². The lowest BCUT2D eigenvalue weighted by Crippen LogP contribution is -2.33. The zero-order valence-electron chi connectivity index (χ0n) is 9.98. The Morgan fingerprint density at radius 3 is 2.82 bits per heavy atom. The molecule has 1 heterocycles. The zero-order valence-corrected chi connectivity index (χ0v) is 10.8. The Hall–Kier alpha value is -1.01. The first-order valence-electron chi connectivity index (χ1n) is 5.60. The van der Waals surface area contributed by atoms with E-state index < -0.39 is 20.9 Å². The van der Waals surface area contributed by atoms with Gasteiger partial charge in [0.05, 0.1) is 0 Å². The summed E-state index contributed by atoms with van der Waals surface area (Å²) < 4.78 is 39.3. The van der Waals surface area contributed by atoms with Crippen LogP contribution < -0.4 is 4.72 Å². The number of hydrogen-bond acceptors (Lipinski definition) is 3. The van der Waals surface area contributed by atoms with Crippen LogP contribution >= 0.6 is 0 Å². The van der Waals surface area contributed by atoms with Gasteiger partial charge in [0.15, 0.2) is 5.82 Å². The molecule has 1 N–H and O–H groups in total. The minimum atomic E-state index is -3.86. The van der Waals surface area contributed by atoms with E-state index in [0.29, 0.717) is 0 Å². The maximum Gasteiger partial charge on any atom is 0.261 e. The molecule has 1 atom stereocenters. The number of hydrogen-bond donors (Lipinski definition) is 1. The lowest BCUT2D eigenvalue weighted by molar-refractivity contribution is 0.517. The van der Waals surface area contributed by atoms with E-state index in [4.69, 9.17) is 0 Å². The van der Waals surface area contributed by atoms with Crippen molar-refractivity contribution in [1.82, 2.24) is 9.71 Å². The van der Waals surface area contributed by atoms with Gasteiger partial charge in [-0.05, 0) is 25.5 Å². The summed E-state index contributed by atoms with van der Waals surface area (Å²) in [5.41, 5.74) is 0. The lowest BCUT2D eigenvalue weighted by Gasteiger charge is -2.13. The van der Waals surface area contributed by atoms with Gasteiger partial charge in [-0.3, -0.25) is 0 Å². The van der Waals surface area contributed by atoms with E-state index in [1.807, 2.05) is 6.92 Å². The quantitative estimate of drug-likeness (QED) is 0.852. The summed E-state index contributed by atoms with van der Waals surface area (Å²) in [6.07, 6.45) is 3.90. The molecule has 17 heavy (non-hydrogen) atoms. The van der Waals surface area contributed by atoms with Crippen LogP contribution in [-0.2, 0) is 10.0 Å². The van der Waals surface area contributed by atoms with E-state index in [1.165, 1.54) is 12.3 Å². The minimum absolute atomic E-state index is 0.221. The number of halogens is 1. The molecule has 0 saturated heterocycles. The third-order valence-electron chi connectivity index (χ3n) is 2.33. The number of unbranched alkanes of at least 4 members (excludes halogenated alkanes) is 1. The van der Waals surface area contributed by atoms with Gasteiger partial charge in [0.25, 0.3) is 10.0 Å². The number of sulfonamides is 1. The normalized spacial score (nSPS) is 13.6. The molecule has 6 heteroatoms. The van der Waals surface area contributed by atoms with Crippen LogP contribution in [0.3, 0.4) is 0 Å². The van der Waals surface area contributed by atoms with E-state index in [2.05, 4.69) is 9.71 Å². The fraction of sp³-hybridized carbons (Fsp3) is 0.545. The first kappa shape index (κ1) is 14.1. The minimum Gasteiger partial charge on any atom is -0.241 e. The second kappa shape index (κ2) is 6.07. The molecule has 1 aromatic heterocycles. The fourth-order valence-corrected chi connectivity index (χ4v) is 2.74. The summed E-state index contributed by atoms with van der Waals surface area (Å²) in [6.45, 7) is 3.79. The summed E-state index contributed by atoms with van der Waals surface area (Å²) in [5.74, 6) is -0.831. The van der Waals surface area contributed by atoms with Crippen LogP contribution in [0.1, 0.15) is 33.1 Å². The maximum absolute atomic E-state index is 13.3. The van der Waals surface area contributed by atoms with Crippen molar-refractivity contribution < 1.29 is 12.8 Å². The van der Waals surface area contributed by atoms with Crippen molar-refractivity contribution in [3.05, 3.63) is 24.1 Å². The first-order valence-corrected chi connectivity index (χ1v) is 7.08. The van der Waals surface area contributed by atoms with Crippen LogP contribution in [-0.4, -0.2) is 19.4 Å². The molecule has 1 rings (SSSR count). The molecule has 0 fully saturated rings. The van der Waals surface area contributed by atoms with Gasteiger partial charge in [-0.1, -0.05) is 19.8 Å². The smallest absolute Gasteiger partial charge is 0.241 e. The van der Waals surface area contributed by atoms with Gasteiger partial charge in [-0.25, -0.2) is 22.5 Å². The Kier molecular flexibility index (Phi) is 5.02. The molecule has 0 aromatic carbocycles. The second-order valence-electron chi connectivity index (χ2n) is 3.95. The van der Waals surface area contributed by atoms with Gasteiger partial charge in [0.2, 0.25) is 5.03 Å². The SMILES string of the molecule is CCCCC(C)NS(=O)(=O)c1ncccc1F.